The average molecular weight is 280 g/mol. The minimum Gasteiger partial charge on any atom is -0.325 e. The van der Waals surface area contributed by atoms with Crippen LogP contribution in [0.3, 0.4) is 0 Å². The van der Waals surface area contributed by atoms with Crippen LogP contribution in [0.1, 0.15) is 91.9 Å². The van der Waals surface area contributed by atoms with E-state index in [-0.39, 0.29) is 5.54 Å². The van der Waals surface area contributed by atoms with Gasteiger partial charge in [0.25, 0.3) is 0 Å². The van der Waals surface area contributed by atoms with Gasteiger partial charge >= 0.3 is 0 Å². The molecule has 1 nitrogen and oxygen atoms in total. The van der Waals surface area contributed by atoms with Crippen molar-refractivity contribution in [2.24, 2.45) is 28.9 Å². The quantitative estimate of drug-likeness (QED) is 0.719. The van der Waals surface area contributed by atoms with Crippen molar-refractivity contribution in [3.63, 3.8) is 0 Å². The first-order valence-electron chi connectivity index (χ1n) is 9.20. The molecule has 2 rings (SSSR count). The summed E-state index contributed by atoms with van der Waals surface area (Å²) >= 11 is 0. The third-order valence-corrected chi connectivity index (χ3v) is 7.17. The van der Waals surface area contributed by atoms with E-state index in [1.165, 1.54) is 64.2 Å². The highest BCUT2D eigenvalue weighted by atomic mass is 14.8. The Morgan fingerprint density at radius 3 is 1.95 bits per heavy atom. The van der Waals surface area contributed by atoms with Crippen LogP contribution in [0.2, 0.25) is 0 Å². The summed E-state index contributed by atoms with van der Waals surface area (Å²) in [5.74, 6) is 2.71. The zero-order valence-corrected chi connectivity index (χ0v) is 14.4. The highest BCUT2D eigenvalue weighted by Gasteiger charge is 2.42. The van der Waals surface area contributed by atoms with Crippen LogP contribution in [-0.2, 0) is 0 Å². The molecule has 0 aromatic rings. The summed E-state index contributed by atoms with van der Waals surface area (Å²) in [4.78, 5) is 0. The monoisotopic (exact) mass is 279 g/mol. The Labute approximate surface area is 127 Å². The maximum Gasteiger partial charge on any atom is 0.0183 e. The molecule has 2 aliphatic rings. The second kappa shape index (κ2) is 6.38. The lowest BCUT2D eigenvalue weighted by molar-refractivity contribution is 0.0683. The van der Waals surface area contributed by atoms with Gasteiger partial charge in [0.1, 0.15) is 0 Å². The molecule has 0 bridgehead atoms. The lowest BCUT2D eigenvalue weighted by atomic mass is 9.60. The maximum absolute atomic E-state index is 6.87. The number of nitrogens with two attached hydrogens (primary N) is 1. The van der Waals surface area contributed by atoms with Gasteiger partial charge in [-0.05, 0) is 61.7 Å². The van der Waals surface area contributed by atoms with Crippen LogP contribution < -0.4 is 5.73 Å². The molecule has 20 heavy (non-hydrogen) atoms. The van der Waals surface area contributed by atoms with Gasteiger partial charge in [-0.1, -0.05) is 53.4 Å². The van der Waals surface area contributed by atoms with Crippen molar-refractivity contribution in [1.29, 1.82) is 0 Å². The zero-order valence-electron chi connectivity index (χ0n) is 14.4. The first kappa shape index (κ1) is 16.3. The molecule has 0 spiro atoms. The first-order chi connectivity index (χ1) is 9.41. The van der Waals surface area contributed by atoms with Gasteiger partial charge in [0.15, 0.2) is 0 Å². The van der Waals surface area contributed by atoms with Crippen molar-refractivity contribution in [2.45, 2.75) is 97.4 Å². The summed E-state index contributed by atoms with van der Waals surface area (Å²) < 4.78 is 0. The summed E-state index contributed by atoms with van der Waals surface area (Å²) in [5, 5.41) is 0. The van der Waals surface area contributed by atoms with E-state index in [2.05, 4.69) is 27.7 Å². The van der Waals surface area contributed by atoms with E-state index in [4.69, 9.17) is 5.73 Å². The van der Waals surface area contributed by atoms with Crippen molar-refractivity contribution in [3.05, 3.63) is 0 Å². The highest BCUT2D eigenvalue weighted by Crippen LogP contribution is 2.47. The third kappa shape index (κ3) is 3.40. The van der Waals surface area contributed by atoms with Crippen molar-refractivity contribution >= 4 is 0 Å². The average Bonchev–Trinajstić information content (AvgIpc) is 2.48. The van der Waals surface area contributed by atoms with Crippen molar-refractivity contribution < 1.29 is 0 Å². The first-order valence-corrected chi connectivity index (χ1v) is 9.20. The number of hydrogen-bond donors (Lipinski definition) is 1. The summed E-state index contributed by atoms with van der Waals surface area (Å²) in [6.45, 7) is 9.60. The predicted molar refractivity (Wildman–Crippen MR) is 88.7 cm³/mol. The standard InChI is InChI=1S/C19H37N/c1-5-15-7-9-17(10-8-15)19(20)13-11-16(12-14-19)18(3,4)6-2/h15-17H,5-14,20H2,1-4H3. The number of hydrogen-bond acceptors (Lipinski definition) is 1. The molecular weight excluding hydrogens is 242 g/mol. The van der Waals surface area contributed by atoms with Gasteiger partial charge in [-0.25, -0.2) is 0 Å². The Bertz CT molecular complexity index is 291. The van der Waals surface area contributed by atoms with Gasteiger partial charge < -0.3 is 5.73 Å². The van der Waals surface area contributed by atoms with Crippen molar-refractivity contribution in [2.75, 3.05) is 0 Å². The minimum atomic E-state index is 0.180. The van der Waals surface area contributed by atoms with Crippen LogP contribution in [0.15, 0.2) is 0 Å². The molecule has 0 heterocycles. The van der Waals surface area contributed by atoms with Crippen LogP contribution in [-0.4, -0.2) is 5.54 Å². The molecule has 2 fully saturated rings. The van der Waals surface area contributed by atoms with Crippen LogP contribution in [0.4, 0.5) is 0 Å². The fourth-order valence-electron chi connectivity index (χ4n) is 4.78. The Kier molecular flexibility index (Phi) is 5.21. The van der Waals surface area contributed by atoms with Gasteiger partial charge in [-0.3, -0.25) is 0 Å². The molecule has 2 aliphatic carbocycles. The molecule has 0 amide bonds. The second-order valence-electron chi connectivity index (χ2n) is 8.48. The van der Waals surface area contributed by atoms with Gasteiger partial charge in [0.2, 0.25) is 0 Å². The number of rotatable bonds is 4. The Morgan fingerprint density at radius 1 is 0.950 bits per heavy atom. The van der Waals surface area contributed by atoms with E-state index >= 15 is 0 Å². The Balaban J connectivity index is 1.88. The maximum atomic E-state index is 6.87. The molecule has 1 heteroatoms. The molecular formula is C19H37N. The topological polar surface area (TPSA) is 26.0 Å². The normalized spacial score (nSPS) is 39.8. The Hall–Kier alpha value is -0.0400. The van der Waals surface area contributed by atoms with Crippen LogP contribution in [0.5, 0.6) is 0 Å². The molecule has 0 saturated heterocycles. The highest BCUT2D eigenvalue weighted by molar-refractivity contribution is 4.98. The molecule has 0 radical (unpaired) electrons. The van der Waals surface area contributed by atoms with Crippen LogP contribution in [0, 0.1) is 23.2 Å². The SMILES string of the molecule is CCC1CCC(C2(N)CCC(C(C)(C)CC)CC2)CC1. The summed E-state index contributed by atoms with van der Waals surface area (Å²) in [7, 11) is 0. The second-order valence-corrected chi connectivity index (χ2v) is 8.48. The van der Waals surface area contributed by atoms with Crippen LogP contribution >= 0.6 is 0 Å². The van der Waals surface area contributed by atoms with E-state index < -0.39 is 0 Å². The zero-order chi connectivity index (χ0) is 14.8. The van der Waals surface area contributed by atoms with E-state index in [1.54, 1.807) is 0 Å². The molecule has 0 unspecified atom stereocenters. The molecule has 2 N–H and O–H groups in total. The van der Waals surface area contributed by atoms with Gasteiger partial charge in [-0.2, -0.15) is 0 Å². The summed E-state index contributed by atoms with van der Waals surface area (Å²) in [6.07, 6.45) is 13.6. The van der Waals surface area contributed by atoms with Gasteiger partial charge in [0.05, 0.1) is 0 Å². The fraction of sp³-hybridized carbons (Fsp3) is 1.00. The predicted octanol–water partition coefficient (Wildman–Crippen LogP) is 5.53. The van der Waals surface area contributed by atoms with Gasteiger partial charge in [-0.15, -0.1) is 0 Å². The van der Waals surface area contributed by atoms with E-state index in [9.17, 15) is 0 Å². The summed E-state index contributed by atoms with van der Waals surface area (Å²) in [5.41, 5.74) is 7.56. The Morgan fingerprint density at radius 2 is 1.50 bits per heavy atom. The fourth-order valence-corrected chi connectivity index (χ4v) is 4.78. The van der Waals surface area contributed by atoms with E-state index in [0.717, 1.165) is 17.8 Å². The largest absolute Gasteiger partial charge is 0.325 e. The van der Waals surface area contributed by atoms with Crippen molar-refractivity contribution in [1.82, 2.24) is 0 Å². The van der Waals surface area contributed by atoms with E-state index in [0.29, 0.717) is 5.41 Å². The third-order valence-electron chi connectivity index (χ3n) is 7.17. The molecule has 0 aromatic heterocycles. The molecule has 0 atom stereocenters. The van der Waals surface area contributed by atoms with E-state index in [1.807, 2.05) is 0 Å². The minimum absolute atomic E-state index is 0.180. The molecule has 0 aliphatic heterocycles. The molecule has 118 valence electrons. The lowest BCUT2D eigenvalue weighted by Gasteiger charge is -2.48. The smallest absolute Gasteiger partial charge is 0.0183 e. The van der Waals surface area contributed by atoms with Gasteiger partial charge in [0, 0.05) is 5.54 Å². The van der Waals surface area contributed by atoms with Crippen LogP contribution in [0.25, 0.3) is 0 Å². The molecule has 2 saturated carbocycles. The van der Waals surface area contributed by atoms with Crippen molar-refractivity contribution in [3.8, 4) is 0 Å². The summed E-state index contributed by atoms with van der Waals surface area (Å²) in [6, 6.07) is 0. The lowest BCUT2D eigenvalue weighted by Crippen LogP contribution is -2.51. The molecule has 0 aromatic carbocycles.